The first-order valence-corrected chi connectivity index (χ1v) is 7.01. The molecule has 1 heterocycles. The lowest BCUT2D eigenvalue weighted by atomic mass is 10.1. The molecule has 0 fully saturated rings. The van der Waals surface area contributed by atoms with Crippen molar-refractivity contribution < 1.29 is 14.3 Å². The van der Waals surface area contributed by atoms with Crippen LogP contribution in [0.2, 0.25) is 0 Å². The maximum Gasteiger partial charge on any atom is 0.339 e. The smallest absolute Gasteiger partial charge is 0.339 e. The first-order valence-electron chi connectivity index (χ1n) is 7.01. The molecule has 0 unspecified atom stereocenters. The van der Waals surface area contributed by atoms with Gasteiger partial charge in [0.1, 0.15) is 6.33 Å². The molecule has 1 aromatic heterocycles. The Balaban J connectivity index is 1.80. The molecule has 2 aromatic carbocycles. The van der Waals surface area contributed by atoms with Crippen molar-refractivity contribution in [1.29, 1.82) is 0 Å². The zero-order valence-electron chi connectivity index (χ0n) is 12.7. The summed E-state index contributed by atoms with van der Waals surface area (Å²) in [5, 5.41) is 13.6. The van der Waals surface area contributed by atoms with Crippen LogP contribution in [0.5, 0.6) is 0 Å². The number of rotatable bonds is 4. The minimum absolute atomic E-state index is 0.290. The number of anilines is 1. The van der Waals surface area contributed by atoms with Crippen LogP contribution in [0.15, 0.2) is 54.9 Å². The number of carbonyl (C=O) groups is 2. The van der Waals surface area contributed by atoms with Crippen LogP contribution in [0.3, 0.4) is 0 Å². The zero-order valence-corrected chi connectivity index (χ0v) is 12.7. The highest BCUT2D eigenvalue weighted by Crippen LogP contribution is 2.17. The van der Waals surface area contributed by atoms with Crippen molar-refractivity contribution in [2.75, 3.05) is 12.4 Å². The number of tetrazole rings is 1. The fourth-order valence-corrected chi connectivity index (χ4v) is 2.12. The third-order valence-corrected chi connectivity index (χ3v) is 3.32. The number of nitrogens with zero attached hydrogens (tertiary/aromatic N) is 4. The molecule has 1 amide bonds. The van der Waals surface area contributed by atoms with Gasteiger partial charge in [-0.1, -0.05) is 12.1 Å². The SMILES string of the molecule is COC(=O)c1ccccc1NC(=O)c1ccc(-n2cnnn2)cc1. The average Bonchev–Trinajstić information content (AvgIpc) is 3.16. The molecule has 0 atom stereocenters. The summed E-state index contributed by atoms with van der Waals surface area (Å²) in [5.74, 6) is -0.852. The first kappa shape index (κ1) is 15.3. The van der Waals surface area contributed by atoms with Crippen molar-refractivity contribution in [2.45, 2.75) is 0 Å². The summed E-state index contributed by atoms with van der Waals surface area (Å²) in [4.78, 5) is 24.1. The van der Waals surface area contributed by atoms with E-state index in [9.17, 15) is 9.59 Å². The highest BCUT2D eigenvalue weighted by Gasteiger charge is 2.14. The van der Waals surface area contributed by atoms with Crippen molar-refractivity contribution in [2.24, 2.45) is 0 Å². The van der Waals surface area contributed by atoms with Crippen LogP contribution in [0.1, 0.15) is 20.7 Å². The second-order valence-corrected chi connectivity index (χ2v) is 4.79. The fourth-order valence-electron chi connectivity index (χ4n) is 2.12. The Morgan fingerprint density at radius 1 is 1.08 bits per heavy atom. The van der Waals surface area contributed by atoms with Crippen molar-refractivity contribution in [3.05, 3.63) is 66.0 Å². The number of ether oxygens (including phenoxy) is 1. The number of nitrogens with one attached hydrogen (secondary N) is 1. The highest BCUT2D eigenvalue weighted by atomic mass is 16.5. The van der Waals surface area contributed by atoms with E-state index >= 15 is 0 Å². The van der Waals surface area contributed by atoms with E-state index in [0.29, 0.717) is 16.8 Å². The molecule has 8 nitrogen and oxygen atoms in total. The van der Waals surface area contributed by atoms with E-state index in [2.05, 4.69) is 20.8 Å². The number of methoxy groups -OCH3 is 1. The van der Waals surface area contributed by atoms with Crippen LogP contribution < -0.4 is 5.32 Å². The maximum atomic E-state index is 12.4. The maximum absolute atomic E-state index is 12.4. The molecule has 1 N–H and O–H groups in total. The van der Waals surface area contributed by atoms with Crippen LogP contribution in [0.4, 0.5) is 5.69 Å². The molecule has 0 saturated carbocycles. The lowest BCUT2D eigenvalue weighted by Gasteiger charge is -2.10. The standard InChI is InChI=1S/C16H13N5O3/c1-24-16(23)13-4-2-3-5-14(13)18-15(22)11-6-8-12(9-7-11)21-10-17-19-20-21/h2-10H,1H3,(H,18,22). The molecule has 120 valence electrons. The topological polar surface area (TPSA) is 99.0 Å². The lowest BCUT2D eigenvalue weighted by Crippen LogP contribution is -2.15. The molecule has 3 aromatic rings. The van der Waals surface area contributed by atoms with Crippen molar-refractivity contribution in [3.63, 3.8) is 0 Å². The van der Waals surface area contributed by atoms with Crippen molar-refractivity contribution in [1.82, 2.24) is 20.2 Å². The molecule has 24 heavy (non-hydrogen) atoms. The van der Waals surface area contributed by atoms with Gasteiger partial charge in [-0.3, -0.25) is 4.79 Å². The van der Waals surface area contributed by atoms with E-state index in [1.54, 1.807) is 48.5 Å². The average molecular weight is 323 g/mol. The molecule has 0 aliphatic rings. The van der Waals surface area contributed by atoms with Crippen LogP contribution in [-0.4, -0.2) is 39.2 Å². The van der Waals surface area contributed by atoms with Gasteiger partial charge in [-0.05, 0) is 46.8 Å². The number of amides is 1. The van der Waals surface area contributed by atoms with Crippen LogP contribution in [0.25, 0.3) is 5.69 Å². The molecule has 0 aliphatic carbocycles. The third kappa shape index (κ3) is 3.12. The summed E-state index contributed by atoms with van der Waals surface area (Å²) in [6.45, 7) is 0. The lowest BCUT2D eigenvalue weighted by molar-refractivity contribution is 0.0602. The molecular formula is C16H13N5O3. The number of carbonyl (C=O) groups excluding carboxylic acids is 2. The van der Waals surface area contributed by atoms with Gasteiger partial charge < -0.3 is 10.1 Å². The second-order valence-electron chi connectivity index (χ2n) is 4.79. The summed E-state index contributed by atoms with van der Waals surface area (Å²) in [6.07, 6.45) is 1.46. The Kier molecular flexibility index (Phi) is 4.28. The number of hydrogen-bond acceptors (Lipinski definition) is 6. The van der Waals surface area contributed by atoms with Crippen molar-refractivity contribution in [3.8, 4) is 5.69 Å². The largest absolute Gasteiger partial charge is 0.465 e. The van der Waals surface area contributed by atoms with E-state index in [4.69, 9.17) is 4.74 Å². The predicted molar refractivity (Wildman–Crippen MR) is 84.9 cm³/mol. The Morgan fingerprint density at radius 3 is 2.50 bits per heavy atom. The first-order chi connectivity index (χ1) is 11.7. The number of benzene rings is 2. The van der Waals surface area contributed by atoms with Crippen LogP contribution in [0, 0.1) is 0 Å². The summed E-state index contributed by atoms with van der Waals surface area (Å²) in [6, 6.07) is 13.4. The number of esters is 1. The number of hydrogen-bond donors (Lipinski definition) is 1. The van der Waals surface area contributed by atoms with E-state index in [0.717, 1.165) is 5.69 Å². The summed E-state index contributed by atoms with van der Waals surface area (Å²) >= 11 is 0. The molecule has 0 spiro atoms. The van der Waals surface area contributed by atoms with Crippen molar-refractivity contribution >= 4 is 17.6 Å². The normalized spacial score (nSPS) is 10.2. The van der Waals surface area contributed by atoms with Gasteiger partial charge in [0.15, 0.2) is 0 Å². The quantitative estimate of drug-likeness (QED) is 0.734. The molecule has 3 rings (SSSR count). The second kappa shape index (κ2) is 6.69. The zero-order chi connectivity index (χ0) is 16.9. The van der Waals surface area contributed by atoms with E-state index in [-0.39, 0.29) is 5.91 Å². The minimum atomic E-state index is -0.514. The molecule has 8 heteroatoms. The van der Waals surface area contributed by atoms with E-state index in [1.165, 1.54) is 18.1 Å². The predicted octanol–water partition coefficient (Wildman–Crippen LogP) is 1.70. The van der Waals surface area contributed by atoms with Gasteiger partial charge in [-0.25, -0.2) is 9.48 Å². The van der Waals surface area contributed by atoms with Crippen LogP contribution in [-0.2, 0) is 4.74 Å². The molecule has 0 saturated heterocycles. The Labute approximate surface area is 137 Å². The van der Waals surface area contributed by atoms with Gasteiger partial charge in [0.2, 0.25) is 0 Å². The fraction of sp³-hybridized carbons (Fsp3) is 0.0625. The minimum Gasteiger partial charge on any atom is -0.465 e. The van der Waals surface area contributed by atoms with Gasteiger partial charge in [0, 0.05) is 5.56 Å². The third-order valence-electron chi connectivity index (χ3n) is 3.32. The summed E-state index contributed by atoms with van der Waals surface area (Å²) in [5.41, 5.74) is 1.84. The van der Waals surface area contributed by atoms with E-state index in [1.807, 2.05) is 0 Å². The van der Waals surface area contributed by atoms with Gasteiger partial charge in [0.05, 0.1) is 24.0 Å². The van der Waals surface area contributed by atoms with Gasteiger partial charge >= 0.3 is 5.97 Å². The molecular weight excluding hydrogens is 310 g/mol. The van der Waals surface area contributed by atoms with Gasteiger partial charge in [-0.15, -0.1) is 5.10 Å². The van der Waals surface area contributed by atoms with Gasteiger partial charge in [-0.2, -0.15) is 0 Å². The molecule has 0 radical (unpaired) electrons. The highest BCUT2D eigenvalue weighted by molar-refractivity contribution is 6.08. The Hall–Kier alpha value is -3.55. The summed E-state index contributed by atoms with van der Waals surface area (Å²) < 4.78 is 6.19. The monoisotopic (exact) mass is 323 g/mol. The number of aromatic nitrogens is 4. The van der Waals surface area contributed by atoms with E-state index < -0.39 is 5.97 Å². The Morgan fingerprint density at radius 2 is 1.83 bits per heavy atom. The molecule has 0 bridgehead atoms. The number of para-hydroxylation sites is 1. The summed E-state index contributed by atoms with van der Waals surface area (Å²) in [7, 11) is 1.29. The van der Waals surface area contributed by atoms with Crippen LogP contribution >= 0.6 is 0 Å². The Bertz CT molecular complexity index is 860. The van der Waals surface area contributed by atoms with Gasteiger partial charge in [0.25, 0.3) is 5.91 Å². The molecule has 0 aliphatic heterocycles.